The van der Waals surface area contributed by atoms with Gasteiger partial charge in [0.15, 0.2) is 0 Å². The number of hydrogen-bond acceptors (Lipinski definition) is 3. The lowest BCUT2D eigenvalue weighted by Gasteiger charge is -2.37. The van der Waals surface area contributed by atoms with Gasteiger partial charge in [-0.05, 0) is 36.7 Å². The van der Waals surface area contributed by atoms with Crippen molar-refractivity contribution in [3.63, 3.8) is 0 Å². The van der Waals surface area contributed by atoms with Crippen molar-refractivity contribution in [2.45, 2.75) is 56.7 Å². The first-order valence-electron chi connectivity index (χ1n) is 6.92. The molecule has 0 bridgehead atoms. The SMILES string of the molecule is CSC1(CNC2CSCC(C)(C)C2)CCCC1. The molecule has 3 heteroatoms. The van der Waals surface area contributed by atoms with Gasteiger partial charge in [0, 0.05) is 23.1 Å². The fourth-order valence-corrected chi connectivity index (χ4v) is 5.43. The summed E-state index contributed by atoms with van der Waals surface area (Å²) in [6.07, 6.45) is 9.37. The van der Waals surface area contributed by atoms with Crippen LogP contribution in [0.15, 0.2) is 0 Å². The van der Waals surface area contributed by atoms with Crippen LogP contribution in [-0.2, 0) is 0 Å². The van der Waals surface area contributed by atoms with Gasteiger partial charge in [-0.15, -0.1) is 0 Å². The maximum absolute atomic E-state index is 3.87. The van der Waals surface area contributed by atoms with E-state index in [1.807, 2.05) is 0 Å². The summed E-state index contributed by atoms with van der Waals surface area (Å²) in [4.78, 5) is 0. The van der Waals surface area contributed by atoms with Gasteiger partial charge in [0.25, 0.3) is 0 Å². The molecular formula is C14H27NS2. The predicted octanol–water partition coefficient (Wildman–Crippen LogP) is 3.78. The third-order valence-electron chi connectivity index (χ3n) is 4.27. The first-order chi connectivity index (χ1) is 8.05. The van der Waals surface area contributed by atoms with E-state index in [1.165, 1.54) is 50.2 Å². The molecule has 2 aliphatic rings. The molecule has 0 aromatic rings. The van der Waals surface area contributed by atoms with E-state index >= 15 is 0 Å². The third kappa shape index (κ3) is 3.81. The van der Waals surface area contributed by atoms with Crippen LogP contribution < -0.4 is 5.32 Å². The van der Waals surface area contributed by atoms with Crippen molar-refractivity contribution >= 4 is 23.5 Å². The number of thioether (sulfide) groups is 2. The molecule has 100 valence electrons. The third-order valence-corrected chi connectivity index (χ3v) is 7.31. The molecule has 1 heterocycles. The van der Waals surface area contributed by atoms with E-state index in [-0.39, 0.29) is 0 Å². The molecule has 2 fully saturated rings. The van der Waals surface area contributed by atoms with Gasteiger partial charge in [0.1, 0.15) is 0 Å². The highest BCUT2D eigenvalue weighted by molar-refractivity contribution is 8.00. The average molecular weight is 274 g/mol. The molecule has 1 N–H and O–H groups in total. The highest BCUT2D eigenvalue weighted by atomic mass is 32.2. The highest BCUT2D eigenvalue weighted by Crippen LogP contribution is 2.40. The van der Waals surface area contributed by atoms with Gasteiger partial charge in [0.05, 0.1) is 0 Å². The molecule has 1 aliphatic carbocycles. The molecule has 17 heavy (non-hydrogen) atoms. The summed E-state index contributed by atoms with van der Waals surface area (Å²) < 4.78 is 0.562. The van der Waals surface area contributed by atoms with E-state index in [2.05, 4.69) is 48.9 Å². The van der Waals surface area contributed by atoms with Crippen LogP contribution in [0.5, 0.6) is 0 Å². The summed E-state index contributed by atoms with van der Waals surface area (Å²) in [6, 6.07) is 0.744. The summed E-state index contributed by atoms with van der Waals surface area (Å²) in [5, 5.41) is 3.87. The highest BCUT2D eigenvalue weighted by Gasteiger charge is 2.35. The lowest BCUT2D eigenvalue weighted by atomic mass is 9.87. The molecule has 0 amide bonds. The average Bonchev–Trinajstić information content (AvgIpc) is 2.75. The summed E-state index contributed by atoms with van der Waals surface area (Å²) in [5.74, 6) is 2.65. The second-order valence-electron chi connectivity index (χ2n) is 6.56. The van der Waals surface area contributed by atoms with Crippen LogP contribution in [0.4, 0.5) is 0 Å². The van der Waals surface area contributed by atoms with E-state index in [0.717, 1.165) is 6.04 Å². The monoisotopic (exact) mass is 273 g/mol. The molecule has 2 rings (SSSR count). The molecule has 1 aliphatic heterocycles. The van der Waals surface area contributed by atoms with Crippen LogP contribution in [0.3, 0.4) is 0 Å². The fourth-order valence-electron chi connectivity index (χ4n) is 3.20. The molecule has 1 atom stereocenters. The van der Waals surface area contributed by atoms with E-state index in [0.29, 0.717) is 10.2 Å². The van der Waals surface area contributed by atoms with Gasteiger partial charge in [0.2, 0.25) is 0 Å². The van der Waals surface area contributed by atoms with Gasteiger partial charge in [-0.1, -0.05) is 26.7 Å². The minimum absolute atomic E-state index is 0.531. The summed E-state index contributed by atoms with van der Waals surface area (Å²) in [5.41, 5.74) is 0.531. The largest absolute Gasteiger partial charge is 0.312 e. The van der Waals surface area contributed by atoms with E-state index < -0.39 is 0 Å². The first-order valence-corrected chi connectivity index (χ1v) is 9.30. The lowest BCUT2D eigenvalue weighted by Crippen LogP contribution is -2.46. The number of nitrogens with one attached hydrogen (secondary N) is 1. The molecule has 1 nitrogen and oxygen atoms in total. The quantitative estimate of drug-likeness (QED) is 0.837. The van der Waals surface area contributed by atoms with Gasteiger partial charge in [-0.25, -0.2) is 0 Å². The summed E-state index contributed by atoms with van der Waals surface area (Å²) in [7, 11) is 0. The maximum atomic E-state index is 3.87. The molecule has 1 saturated heterocycles. The van der Waals surface area contributed by atoms with E-state index in [9.17, 15) is 0 Å². The molecular weight excluding hydrogens is 246 g/mol. The minimum Gasteiger partial charge on any atom is -0.312 e. The maximum Gasteiger partial charge on any atom is 0.0281 e. The Morgan fingerprint density at radius 3 is 2.59 bits per heavy atom. The zero-order chi connectivity index (χ0) is 12.4. The summed E-state index contributed by atoms with van der Waals surface area (Å²) >= 11 is 4.23. The molecule has 0 spiro atoms. The zero-order valence-electron chi connectivity index (χ0n) is 11.6. The van der Waals surface area contributed by atoms with Crippen molar-refractivity contribution in [2.75, 3.05) is 24.3 Å². The zero-order valence-corrected chi connectivity index (χ0v) is 13.2. The first kappa shape index (κ1) is 14.1. The molecule has 0 radical (unpaired) electrons. The van der Waals surface area contributed by atoms with Crippen molar-refractivity contribution in [3.8, 4) is 0 Å². The normalized spacial score (nSPS) is 31.6. The van der Waals surface area contributed by atoms with Crippen LogP contribution in [0.1, 0.15) is 46.0 Å². The molecule has 1 saturated carbocycles. The van der Waals surface area contributed by atoms with Crippen LogP contribution >= 0.6 is 23.5 Å². The van der Waals surface area contributed by atoms with Gasteiger partial charge in [-0.3, -0.25) is 0 Å². The van der Waals surface area contributed by atoms with Gasteiger partial charge >= 0.3 is 0 Å². The second-order valence-corrected chi connectivity index (χ2v) is 8.86. The second kappa shape index (κ2) is 5.75. The topological polar surface area (TPSA) is 12.0 Å². The van der Waals surface area contributed by atoms with E-state index in [4.69, 9.17) is 0 Å². The Morgan fingerprint density at radius 2 is 2.00 bits per heavy atom. The Labute approximate surface area is 115 Å². The van der Waals surface area contributed by atoms with Crippen molar-refractivity contribution in [3.05, 3.63) is 0 Å². The van der Waals surface area contributed by atoms with Crippen molar-refractivity contribution < 1.29 is 0 Å². The lowest BCUT2D eigenvalue weighted by molar-refractivity contribution is 0.311. The van der Waals surface area contributed by atoms with Crippen molar-refractivity contribution in [1.82, 2.24) is 5.32 Å². The van der Waals surface area contributed by atoms with Gasteiger partial charge in [-0.2, -0.15) is 23.5 Å². The summed E-state index contributed by atoms with van der Waals surface area (Å²) in [6.45, 7) is 6.05. The van der Waals surface area contributed by atoms with Crippen LogP contribution in [-0.4, -0.2) is 35.1 Å². The number of hydrogen-bond donors (Lipinski definition) is 1. The fraction of sp³-hybridized carbons (Fsp3) is 1.00. The molecule has 0 aromatic carbocycles. The predicted molar refractivity (Wildman–Crippen MR) is 82.2 cm³/mol. The van der Waals surface area contributed by atoms with Crippen molar-refractivity contribution in [2.24, 2.45) is 5.41 Å². The Balaban J connectivity index is 1.81. The molecule has 1 unspecified atom stereocenters. The Morgan fingerprint density at radius 1 is 1.29 bits per heavy atom. The Kier molecular flexibility index (Phi) is 4.76. The van der Waals surface area contributed by atoms with Crippen LogP contribution in [0.25, 0.3) is 0 Å². The Hall–Kier alpha value is 0.660. The number of rotatable bonds is 4. The van der Waals surface area contributed by atoms with Gasteiger partial charge < -0.3 is 5.32 Å². The molecule has 0 aromatic heterocycles. The smallest absolute Gasteiger partial charge is 0.0281 e. The Bertz CT molecular complexity index is 247. The van der Waals surface area contributed by atoms with Crippen LogP contribution in [0, 0.1) is 5.41 Å². The van der Waals surface area contributed by atoms with Crippen molar-refractivity contribution in [1.29, 1.82) is 0 Å². The van der Waals surface area contributed by atoms with E-state index in [1.54, 1.807) is 0 Å². The minimum atomic E-state index is 0.531. The standard InChI is InChI=1S/C14H27NS2/c1-13(2)8-12(9-17-11-13)15-10-14(16-3)6-4-5-7-14/h12,15H,4-11H2,1-3H3. The van der Waals surface area contributed by atoms with Crippen LogP contribution in [0.2, 0.25) is 0 Å².